The van der Waals surface area contributed by atoms with E-state index in [1.807, 2.05) is 11.8 Å². The summed E-state index contributed by atoms with van der Waals surface area (Å²) in [4.78, 5) is 5.05. The van der Waals surface area contributed by atoms with Gasteiger partial charge in [0.1, 0.15) is 0 Å². The molecule has 4 aromatic carbocycles. The topological polar surface area (TPSA) is 3.24 Å². The molecule has 26 heavy (non-hydrogen) atoms. The number of aryl methyl sites for hydroxylation is 2. The second kappa shape index (κ2) is 5.93. The van der Waals surface area contributed by atoms with E-state index in [1.54, 1.807) is 0 Å². The van der Waals surface area contributed by atoms with E-state index in [-0.39, 0.29) is 0 Å². The number of rotatable bonds is 1. The van der Waals surface area contributed by atoms with E-state index in [9.17, 15) is 0 Å². The van der Waals surface area contributed by atoms with Crippen molar-refractivity contribution in [3.63, 3.8) is 0 Å². The molecule has 5 rings (SSSR count). The fraction of sp³-hybridized carbons (Fsp3) is 0.0833. The van der Waals surface area contributed by atoms with Crippen LogP contribution in [0, 0.1) is 13.8 Å². The maximum absolute atomic E-state index is 2.42. The Kier molecular flexibility index (Phi) is 3.54. The van der Waals surface area contributed by atoms with Crippen molar-refractivity contribution in [3.8, 4) is 0 Å². The summed E-state index contributed by atoms with van der Waals surface area (Å²) >= 11 is 1.87. The van der Waals surface area contributed by atoms with Gasteiger partial charge >= 0.3 is 0 Å². The Bertz CT molecular complexity index is 1090. The molecule has 0 bridgehead atoms. The number of hydrogen-bond acceptors (Lipinski definition) is 2. The van der Waals surface area contributed by atoms with Gasteiger partial charge < -0.3 is 4.90 Å². The van der Waals surface area contributed by atoms with Crippen molar-refractivity contribution in [2.45, 2.75) is 23.6 Å². The molecule has 0 spiro atoms. The van der Waals surface area contributed by atoms with Gasteiger partial charge in [-0.3, -0.25) is 0 Å². The molecular formula is C24H19NS. The third-order valence-corrected chi connectivity index (χ3v) is 6.03. The number of fused-ring (bicyclic) bond motifs is 3. The normalized spacial score (nSPS) is 12.8. The van der Waals surface area contributed by atoms with Crippen LogP contribution in [0.15, 0.2) is 88.7 Å². The molecule has 0 fully saturated rings. The SMILES string of the molecule is Cc1ccc2c(c1)Sc1cc(C)ccc1N2c1cccc2ccccc12. The lowest BCUT2D eigenvalue weighted by Crippen LogP contribution is -2.15. The zero-order chi connectivity index (χ0) is 17.7. The molecule has 126 valence electrons. The first-order valence-corrected chi connectivity index (χ1v) is 9.69. The molecule has 0 aliphatic carbocycles. The Morgan fingerprint density at radius 3 is 1.92 bits per heavy atom. The molecule has 0 saturated carbocycles. The van der Waals surface area contributed by atoms with E-state index < -0.39 is 0 Å². The molecule has 4 aromatic rings. The largest absolute Gasteiger partial charge is 0.308 e. The molecule has 0 amide bonds. The summed E-state index contributed by atoms with van der Waals surface area (Å²) in [6, 6.07) is 28.7. The van der Waals surface area contributed by atoms with Crippen LogP contribution in [0.1, 0.15) is 11.1 Å². The minimum Gasteiger partial charge on any atom is -0.308 e. The van der Waals surface area contributed by atoms with E-state index in [0.29, 0.717) is 0 Å². The average Bonchev–Trinajstić information content (AvgIpc) is 2.65. The fourth-order valence-corrected chi connectivity index (χ4v) is 4.94. The summed E-state index contributed by atoms with van der Waals surface area (Å²) in [5, 5.41) is 2.55. The second-order valence-electron chi connectivity index (χ2n) is 6.88. The van der Waals surface area contributed by atoms with Crippen LogP contribution in [-0.2, 0) is 0 Å². The van der Waals surface area contributed by atoms with Crippen molar-refractivity contribution in [2.24, 2.45) is 0 Å². The number of hydrogen-bond donors (Lipinski definition) is 0. The zero-order valence-electron chi connectivity index (χ0n) is 14.9. The van der Waals surface area contributed by atoms with Gasteiger partial charge in [0.15, 0.2) is 0 Å². The summed E-state index contributed by atoms with van der Waals surface area (Å²) in [6.45, 7) is 4.32. The van der Waals surface area contributed by atoms with Crippen molar-refractivity contribution in [1.82, 2.24) is 0 Å². The van der Waals surface area contributed by atoms with Gasteiger partial charge in [-0.1, -0.05) is 60.3 Å². The van der Waals surface area contributed by atoms with Crippen LogP contribution in [-0.4, -0.2) is 0 Å². The highest BCUT2D eigenvalue weighted by Gasteiger charge is 2.25. The lowest BCUT2D eigenvalue weighted by Gasteiger charge is -2.34. The minimum absolute atomic E-state index is 1.23. The predicted molar refractivity (Wildman–Crippen MR) is 112 cm³/mol. The van der Waals surface area contributed by atoms with Gasteiger partial charge in [0.2, 0.25) is 0 Å². The van der Waals surface area contributed by atoms with Crippen LogP contribution >= 0.6 is 11.8 Å². The van der Waals surface area contributed by atoms with Crippen molar-refractivity contribution >= 4 is 39.6 Å². The monoisotopic (exact) mass is 353 g/mol. The number of nitrogens with zero attached hydrogens (tertiary/aromatic N) is 1. The molecule has 0 atom stereocenters. The smallest absolute Gasteiger partial charge is 0.0602 e. The molecule has 1 heterocycles. The standard InChI is InChI=1S/C24H19NS/c1-16-10-12-21-23(14-16)26-24-15-17(2)11-13-22(24)25(21)20-9-5-7-18-6-3-4-8-19(18)20/h3-15H,1-2H3. The van der Waals surface area contributed by atoms with Crippen LogP contribution in [0.25, 0.3) is 10.8 Å². The number of benzene rings is 4. The van der Waals surface area contributed by atoms with Crippen molar-refractivity contribution in [2.75, 3.05) is 4.90 Å². The summed E-state index contributed by atoms with van der Waals surface area (Å²) in [5.74, 6) is 0. The highest BCUT2D eigenvalue weighted by Crippen LogP contribution is 2.52. The molecule has 1 aliphatic rings. The van der Waals surface area contributed by atoms with Crippen LogP contribution in [0.5, 0.6) is 0 Å². The Morgan fingerprint density at radius 2 is 1.23 bits per heavy atom. The first kappa shape index (κ1) is 15.5. The average molecular weight is 353 g/mol. The quantitative estimate of drug-likeness (QED) is 0.309. The molecule has 0 saturated heterocycles. The van der Waals surface area contributed by atoms with Gasteiger partial charge in [-0.25, -0.2) is 0 Å². The fourth-order valence-electron chi connectivity index (χ4n) is 3.69. The van der Waals surface area contributed by atoms with Crippen LogP contribution in [0.4, 0.5) is 17.1 Å². The maximum Gasteiger partial charge on any atom is 0.0602 e. The van der Waals surface area contributed by atoms with E-state index in [0.717, 1.165) is 0 Å². The van der Waals surface area contributed by atoms with Crippen LogP contribution in [0.3, 0.4) is 0 Å². The van der Waals surface area contributed by atoms with Crippen molar-refractivity contribution < 1.29 is 0 Å². The van der Waals surface area contributed by atoms with E-state index in [2.05, 4.69) is 97.6 Å². The van der Waals surface area contributed by atoms with Crippen molar-refractivity contribution in [3.05, 3.63) is 90.0 Å². The van der Waals surface area contributed by atoms with Crippen molar-refractivity contribution in [1.29, 1.82) is 0 Å². The van der Waals surface area contributed by atoms with Gasteiger partial charge in [-0.2, -0.15) is 0 Å². The van der Waals surface area contributed by atoms with Gasteiger partial charge in [-0.15, -0.1) is 0 Å². The second-order valence-corrected chi connectivity index (χ2v) is 7.96. The first-order valence-electron chi connectivity index (χ1n) is 8.88. The molecule has 1 nitrogen and oxygen atoms in total. The lowest BCUT2D eigenvalue weighted by atomic mass is 10.1. The molecule has 0 aromatic heterocycles. The Morgan fingerprint density at radius 1 is 0.615 bits per heavy atom. The Labute approximate surface area is 158 Å². The molecule has 1 aliphatic heterocycles. The molecule has 2 heteroatoms. The third kappa shape index (κ3) is 2.41. The highest BCUT2D eigenvalue weighted by molar-refractivity contribution is 7.99. The molecule has 0 unspecified atom stereocenters. The maximum atomic E-state index is 2.42. The molecular weight excluding hydrogens is 334 g/mol. The molecule has 0 N–H and O–H groups in total. The van der Waals surface area contributed by atoms with Gasteiger partial charge in [0, 0.05) is 15.2 Å². The Balaban J connectivity index is 1.83. The number of anilines is 3. The third-order valence-electron chi connectivity index (χ3n) is 4.94. The summed E-state index contributed by atoms with van der Waals surface area (Å²) < 4.78 is 0. The molecule has 0 radical (unpaired) electrons. The Hall–Kier alpha value is -2.71. The van der Waals surface area contributed by atoms with Crippen LogP contribution < -0.4 is 4.90 Å². The summed E-state index contributed by atoms with van der Waals surface area (Å²) in [7, 11) is 0. The van der Waals surface area contributed by atoms with Gasteiger partial charge in [0.05, 0.1) is 17.1 Å². The zero-order valence-corrected chi connectivity index (χ0v) is 15.7. The first-order chi connectivity index (χ1) is 12.7. The predicted octanol–water partition coefficient (Wildman–Crippen LogP) is 7.39. The summed E-state index contributed by atoms with van der Waals surface area (Å²) in [5.41, 5.74) is 6.34. The minimum atomic E-state index is 1.23. The summed E-state index contributed by atoms with van der Waals surface area (Å²) in [6.07, 6.45) is 0. The highest BCUT2D eigenvalue weighted by atomic mass is 32.2. The van der Waals surface area contributed by atoms with E-state index in [4.69, 9.17) is 0 Å². The van der Waals surface area contributed by atoms with E-state index in [1.165, 1.54) is 48.8 Å². The van der Waals surface area contributed by atoms with Gasteiger partial charge in [-0.05, 0) is 60.7 Å². The van der Waals surface area contributed by atoms with Gasteiger partial charge in [0.25, 0.3) is 0 Å². The van der Waals surface area contributed by atoms with Crippen LogP contribution in [0.2, 0.25) is 0 Å². The lowest BCUT2D eigenvalue weighted by molar-refractivity contribution is 1.15. The van der Waals surface area contributed by atoms with E-state index >= 15 is 0 Å².